The van der Waals surface area contributed by atoms with Gasteiger partial charge in [0.1, 0.15) is 58.4 Å². The van der Waals surface area contributed by atoms with Crippen molar-refractivity contribution in [1.29, 1.82) is 0 Å². The van der Waals surface area contributed by atoms with E-state index in [-0.39, 0.29) is 0 Å². The van der Waals surface area contributed by atoms with Gasteiger partial charge in [0.25, 0.3) is 0 Å². The van der Waals surface area contributed by atoms with Crippen LogP contribution < -0.4 is 21.9 Å². The van der Waals surface area contributed by atoms with Crippen LogP contribution in [0.4, 0.5) is 87.8 Å². The van der Waals surface area contributed by atoms with Crippen LogP contribution in [0.3, 0.4) is 0 Å². The molecule has 0 atom stereocenters. The summed E-state index contributed by atoms with van der Waals surface area (Å²) in [5.41, 5.74) is -14.3. The molecule has 51 heavy (non-hydrogen) atoms. The van der Waals surface area contributed by atoms with E-state index in [4.69, 9.17) is 0 Å². The average molecular weight is 782 g/mol. The zero-order chi connectivity index (χ0) is 39.3. The smallest absolute Gasteiger partial charge is 0.200 e. The second kappa shape index (κ2) is 14.7. The topological polar surface area (TPSA) is 0 Å². The molecule has 0 nitrogen and oxygen atoms in total. The average Bonchev–Trinajstić information content (AvgIpc) is 3.08. The molecule has 4 aromatic rings. The molecule has 0 heterocycles. The molecule has 4 rings (SSSR count). The van der Waals surface area contributed by atoms with E-state index in [0.717, 1.165) is 0 Å². The summed E-state index contributed by atoms with van der Waals surface area (Å²) >= 11 is 0. The van der Waals surface area contributed by atoms with Crippen molar-refractivity contribution < 1.29 is 87.8 Å². The van der Waals surface area contributed by atoms with Gasteiger partial charge in [0.2, 0.25) is 0 Å². The second-order valence-electron chi connectivity index (χ2n) is 10.2. The first kappa shape index (κ1) is 41.1. The molecule has 4 aromatic carbocycles. The first-order valence-corrected chi connectivity index (χ1v) is 15.1. The minimum atomic E-state index is -7.22. The SMILES string of the molecule is C=CC[S+](C)C.Fc1c(F)c(F)c([B-](c2c(F)c(F)c(F)c(F)c2F)(c2c(F)c(F)c(F)c(F)c2F)c2c(F)c(F)c(F)c(F)c2F)c(F)c1F. The highest BCUT2D eigenvalue weighted by molar-refractivity contribution is 7.95. The largest absolute Gasteiger partial charge is 0.207 e. The van der Waals surface area contributed by atoms with Crippen molar-refractivity contribution >= 4 is 38.9 Å². The molecule has 0 saturated heterocycles. The van der Waals surface area contributed by atoms with Gasteiger partial charge in [-0.15, -0.1) is 21.9 Å². The van der Waals surface area contributed by atoms with Crippen molar-refractivity contribution in [2.24, 2.45) is 0 Å². The summed E-state index contributed by atoms with van der Waals surface area (Å²) in [4.78, 5) is 0. The fourth-order valence-corrected chi connectivity index (χ4v) is 5.58. The number of hydrogen-bond acceptors (Lipinski definition) is 0. The molecule has 0 aliphatic carbocycles. The van der Waals surface area contributed by atoms with Gasteiger partial charge in [0.05, 0.1) is 12.5 Å². The summed E-state index contributed by atoms with van der Waals surface area (Å²) < 4.78 is 294. The Hall–Kier alpha value is -4.37. The molecule has 22 heteroatoms. The molecule has 0 aliphatic heterocycles. The highest BCUT2D eigenvalue weighted by Crippen LogP contribution is 2.30. The molecule has 0 amide bonds. The summed E-state index contributed by atoms with van der Waals surface area (Å²) in [6.07, 6.45) is -0.836. The Bertz CT molecular complexity index is 1700. The molecule has 276 valence electrons. The van der Waals surface area contributed by atoms with Crippen LogP contribution in [0.1, 0.15) is 0 Å². The Morgan fingerprint density at radius 3 is 0.569 bits per heavy atom. The van der Waals surface area contributed by atoms with Crippen LogP contribution in [-0.2, 0) is 10.9 Å². The molecule has 0 fully saturated rings. The van der Waals surface area contributed by atoms with Crippen LogP contribution in [0.2, 0.25) is 0 Å². The predicted molar refractivity (Wildman–Crippen MR) is 143 cm³/mol. The van der Waals surface area contributed by atoms with Gasteiger partial charge in [0, 0.05) is 0 Å². The van der Waals surface area contributed by atoms with Crippen molar-refractivity contribution in [3.8, 4) is 0 Å². The molecule has 0 unspecified atom stereocenters. The van der Waals surface area contributed by atoms with Gasteiger partial charge in [-0.1, -0.05) is 6.58 Å². The zero-order valence-electron chi connectivity index (χ0n) is 24.5. The van der Waals surface area contributed by atoms with Gasteiger partial charge >= 0.3 is 0 Å². The lowest BCUT2D eigenvalue weighted by molar-refractivity contribution is 0.378. The number of hydrogen-bond donors (Lipinski definition) is 0. The maximum absolute atomic E-state index is 15.4. The van der Waals surface area contributed by atoms with Crippen LogP contribution >= 0.6 is 0 Å². The van der Waals surface area contributed by atoms with Gasteiger partial charge in [-0.3, -0.25) is 0 Å². The first-order valence-electron chi connectivity index (χ1n) is 12.9. The standard InChI is InChI=1S/C24BF20.C5H11S/c26-5-1(6(27)14(35)21(42)13(5)34)25(2-7(28)15(36)22(43)16(37)8(2)29,3-9(30)17(38)23(44)18(39)10(3)31)4-11(32)19(40)24(45)20(41)12(4)33;1-4-5-6(2)3/h;4H,1,5H2,2-3H3/q-1;+1. The monoisotopic (exact) mass is 782 g/mol. The van der Waals surface area contributed by atoms with E-state index in [1.807, 2.05) is 6.08 Å². The van der Waals surface area contributed by atoms with Crippen molar-refractivity contribution in [1.82, 2.24) is 0 Å². The summed E-state index contributed by atoms with van der Waals surface area (Å²) in [6, 6.07) is 0. The highest BCUT2D eigenvalue weighted by Gasteiger charge is 2.52. The molecule has 0 aliphatic rings. The van der Waals surface area contributed by atoms with Crippen LogP contribution in [-0.4, -0.2) is 24.4 Å². The summed E-state index contributed by atoms with van der Waals surface area (Å²) in [5.74, 6) is -70.2. The zero-order valence-corrected chi connectivity index (χ0v) is 25.4. The Morgan fingerprint density at radius 2 is 0.471 bits per heavy atom. The van der Waals surface area contributed by atoms with E-state index >= 15 is 35.1 Å². The minimum Gasteiger partial charge on any atom is -0.207 e. The molecular weight excluding hydrogens is 771 g/mol. The van der Waals surface area contributed by atoms with E-state index in [0.29, 0.717) is 10.9 Å². The Morgan fingerprint density at radius 1 is 0.333 bits per heavy atom. The van der Waals surface area contributed by atoms with Gasteiger partial charge < -0.3 is 0 Å². The third-order valence-corrected chi connectivity index (χ3v) is 8.06. The van der Waals surface area contributed by atoms with E-state index in [1.54, 1.807) is 0 Å². The van der Waals surface area contributed by atoms with Crippen LogP contribution in [0, 0.1) is 116 Å². The molecule has 0 aromatic heterocycles. The van der Waals surface area contributed by atoms with Gasteiger partial charge in [-0.25, -0.2) is 87.8 Å². The Labute approximate surface area is 274 Å². The first-order chi connectivity index (χ1) is 23.5. The molecule has 0 N–H and O–H groups in total. The highest BCUT2D eigenvalue weighted by atomic mass is 32.2. The van der Waals surface area contributed by atoms with E-state index in [9.17, 15) is 52.7 Å². The molecule has 0 bridgehead atoms. The van der Waals surface area contributed by atoms with Crippen LogP contribution in [0.25, 0.3) is 0 Å². The predicted octanol–water partition coefficient (Wildman–Crippen LogP) is 6.90. The van der Waals surface area contributed by atoms with E-state index < -0.39 is 144 Å². The van der Waals surface area contributed by atoms with Gasteiger partial charge in [-0.05, 0) is 17.0 Å². The second-order valence-corrected chi connectivity index (χ2v) is 12.5. The van der Waals surface area contributed by atoms with E-state index in [2.05, 4.69) is 19.1 Å². The fraction of sp³-hybridized carbons (Fsp3) is 0.103. The number of rotatable bonds is 6. The lowest BCUT2D eigenvalue weighted by atomic mass is 9.12. The molecule has 0 saturated carbocycles. The normalized spacial score (nSPS) is 11.7. The summed E-state index contributed by atoms with van der Waals surface area (Å²) in [6.45, 7) is 3.61. The number of halogens is 20. The van der Waals surface area contributed by atoms with Crippen molar-refractivity contribution in [2.45, 2.75) is 0 Å². The van der Waals surface area contributed by atoms with Crippen molar-refractivity contribution in [3.63, 3.8) is 0 Å². The number of benzene rings is 4. The molecule has 0 spiro atoms. The van der Waals surface area contributed by atoms with E-state index in [1.165, 1.54) is 5.75 Å². The third kappa shape index (κ3) is 6.17. The third-order valence-electron chi connectivity index (χ3n) is 7.16. The lowest BCUT2D eigenvalue weighted by Crippen LogP contribution is -2.81. The maximum atomic E-state index is 15.4. The summed E-state index contributed by atoms with van der Waals surface area (Å²) in [7, 11) is 0.566. The maximum Gasteiger partial charge on any atom is 0.200 e. The van der Waals surface area contributed by atoms with Crippen molar-refractivity contribution in [2.75, 3.05) is 18.3 Å². The lowest BCUT2D eigenvalue weighted by Gasteiger charge is -2.44. The van der Waals surface area contributed by atoms with Crippen LogP contribution in [0.15, 0.2) is 12.7 Å². The Balaban J connectivity index is 0.00000107. The molecular formula is C29H11BF20S. The van der Waals surface area contributed by atoms with Gasteiger partial charge in [0.15, 0.2) is 69.8 Å². The quantitative estimate of drug-likeness (QED) is 0.0500. The van der Waals surface area contributed by atoms with Crippen LogP contribution in [0.5, 0.6) is 0 Å². The fourth-order valence-electron chi connectivity index (χ4n) is 5.11. The molecule has 0 radical (unpaired) electrons. The van der Waals surface area contributed by atoms with Crippen molar-refractivity contribution in [3.05, 3.63) is 129 Å². The minimum absolute atomic E-state index is 0.566. The van der Waals surface area contributed by atoms with Gasteiger partial charge in [-0.2, -0.15) is 0 Å². The Kier molecular flexibility index (Phi) is 11.8. The summed E-state index contributed by atoms with van der Waals surface area (Å²) in [5, 5.41) is 0.